The van der Waals surface area contributed by atoms with E-state index in [0.29, 0.717) is 12.2 Å². The fourth-order valence-electron chi connectivity index (χ4n) is 1.52. The van der Waals surface area contributed by atoms with Gasteiger partial charge in [0.15, 0.2) is 0 Å². The molecule has 0 bridgehead atoms. The zero-order valence-corrected chi connectivity index (χ0v) is 5.18. The lowest BCUT2D eigenvalue weighted by Crippen LogP contribution is -2.14. The largest absolute Gasteiger partial charge is 0.312 e. The monoisotopic (exact) mass is 123 g/mol. The summed E-state index contributed by atoms with van der Waals surface area (Å²) in [7, 11) is 0. The van der Waals surface area contributed by atoms with Crippen molar-refractivity contribution in [3.8, 4) is 0 Å². The van der Waals surface area contributed by atoms with Gasteiger partial charge in [0.1, 0.15) is 5.78 Å². The van der Waals surface area contributed by atoms with Gasteiger partial charge in [-0.25, -0.2) is 0 Å². The Hall–Kier alpha value is -0.630. The van der Waals surface area contributed by atoms with Gasteiger partial charge in [-0.05, 0) is 5.57 Å². The molecule has 0 aromatic carbocycles. The molecule has 2 aliphatic rings. The molecule has 1 unspecified atom stereocenters. The molecule has 1 N–H and O–H groups in total. The van der Waals surface area contributed by atoms with Crippen molar-refractivity contribution in [3.05, 3.63) is 11.6 Å². The first kappa shape index (κ1) is 5.18. The van der Waals surface area contributed by atoms with E-state index in [1.54, 1.807) is 0 Å². The van der Waals surface area contributed by atoms with Crippen molar-refractivity contribution >= 4 is 5.78 Å². The van der Waals surface area contributed by atoms with E-state index in [0.717, 1.165) is 13.1 Å². The molecular weight excluding hydrogens is 114 g/mol. The Labute approximate surface area is 53.9 Å². The zero-order chi connectivity index (χ0) is 6.27. The molecule has 1 aliphatic heterocycles. The second kappa shape index (κ2) is 1.67. The molecule has 0 aromatic rings. The maximum absolute atomic E-state index is 11.0. The third kappa shape index (κ3) is 0.630. The molecule has 9 heavy (non-hydrogen) atoms. The SMILES string of the molecule is O=C1CC=C2CNCC12. The molecule has 0 radical (unpaired) electrons. The van der Waals surface area contributed by atoms with E-state index in [1.807, 2.05) is 0 Å². The van der Waals surface area contributed by atoms with Crippen LogP contribution in [0, 0.1) is 5.92 Å². The van der Waals surface area contributed by atoms with E-state index < -0.39 is 0 Å². The smallest absolute Gasteiger partial charge is 0.145 e. The number of Topliss-reactive ketones (excluding diaryl/α,β-unsaturated/α-hetero) is 1. The Morgan fingerprint density at radius 3 is 3.33 bits per heavy atom. The summed E-state index contributed by atoms with van der Waals surface area (Å²) < 4.78 is 0. The van der Waals surface area contributed by atoms with Crippen LogP contribution in [0.25, 0.3) is 0 Å². The van der Waals surface area contributed by atoms with Gasteiger partial charge in [-0.15, -0.1) is 0 Å². The summed E-state index contributed by atoms with van der Waals surface area (Å²) in [6, 6.07) is 0. The minimum absolute atomic E-state index is 0.255. The molecule has 48 valence electrons. The van der Waals surface area contributed by atoms with Crippen molar-refractivity contribution in [2.45, 2.75) is 6.42 Å². The summed E-state index contributed by atoms with van der Waals surface area (Å²) in [5.41, 5.74) is 1.32. The van der Waals surface area contributed by atoms with E-state index in [2.05, 4.69) is 11.4 Å². The topological polar surface area (TPSA) is 29.1 Å². The molecule has 2 heteroatoms. The zero-order valence-electron chi connectivity index (χ0n) is 5.18. The number of hydrogen-bond donors (Lipinski definition) is 1. The Kier molecular flexibility index (Phi) is 0.963. The van der Waals surface area contributed by atoms with Gasteiger partial charge in [0, 0.05) is 19.5 Å². The van der Waals surface area contributed by atoms with Crippen molar-refractivity contribution in [1.82, 2.24) is 5.32 Å². The summed E-state index contributed by atoms with van der Waals surface area (Å²) in [5.74, 6) is 0.653. The van der Waals surface area contributed by atoms with Crippen LogP contribution in [0.3, 0.4) is 0 Å². The first-order valence-electron chi connectivity index (χ1n) is 3.30. The minimum atomic E-state index is 0.255. The number of rotatable bonds is 0. The molecule has 0 spiro atoms. The predicted molar refractivity (Wildman–Crippen MR) is 34.1 cm³/mol. The number of allylic oxidation sites excluding steroid dienone is 1. The highest BCUT2D eigenvalue weighted by Gasteiger charge is 2.30. The van der Waals surface area contributed by atoms with Gasteiger partial charge in [-0.2, -0.15) is 0 Å². The summed E-state index contributed by atoms with van der Waals surface area (Å²) >= 11 is 0. The Morgan fingerprint density at radius 2 is 2.56 bits per heavy atom. The van der Waals surface area contributed by atoms with Gasteiger partial charge in [-0.3, -0.25) is 4.79 Å². The lowest BCUT2D eigenvalue weighted by atomic mass is 10.1. The standard InChI is InChI=1S/C7H9NO/c9-7-2-1-5-3-8-4-6(5)7/h1,6,8H,2-4H2. The molecular formula is C7H9NO. The van der Waals surface area contributed by atoms with Crippen molar-refractivity contribution in [2.75, 3.05) is 13.1 Å². The van der Waals surface area contributed by atoms with Gasteiger partial charge >= 0.3 is 0 Å². The molecule has 0 saturated carbocycles. The second-order valence-corrected chi connectivity index (χ2v) is 2.63. The molecule has 2 nitrogen and oxygen atoms in total. The predicted octanol–water partition coefficient (Wildman–Crippen LogP) is 0.105. The highest BCUT2D eigenvalue weighted by molar-refractivity contribution is 5.89. The maximum atomic E-state index is 11.0. The molecule has 1 heterocycles. The van der Waals surface area contributed by atoms with E-state index in [-0.39, 0.29) is 5.92 Å². The Bertz CT molecular complexity index is 183. The molecule has 1 aliphatic carbocycles. The Morgan fingerprint density at radius 1 is 1.67 bits per heavy atom. The maximum Gasteiger partial charge on any atom is 0.145 e. The van der Waals surface area contributed by atoms with Crippen molar-refractivity contribution in [1.29, 1.82) is 0 Å². The average molecular weight is 123 g/mol. The Balaban J connectivity index is 2.28. The van der Waals surface area contributed by atoms with Gasteiger partial charge in [0.2, 0.25) is 0 Å². The molecule has 0 amide bonds. The molecule has 1 atom stereocenters. The molecule has 0 aromatic heterocycles. The second-order valence-electron chi connectivity index (χ2n) is 2.63. The van der Waals surface area contributed by atoms with Gasteiger partial charge in [0.25, 0.3) is 0 Å². The van der Waals surface area contributed by atoms with Crippen LogP contribution < -0.4 is 5.32 Å². The third-order valence-electron chi connectivity index (χ3n) is 2.08. The summed E-state index contributed by atoms with van der Waals surface area (Å²) in [5, 5.41) is 3.17. The van der Waals surface area contributed by atoms with Gasteiger partial charge in [-0.1, -0.05) is 6.08 Å². The summed E-state index contributed by atoms with van der Waals surface area (Å²) in [4.78, 5) is 11.0. The lowest BCUT2D eigenvalue weighted by Gasteiger charge is -1.97. The van der Waals surface area contributed by atoms with Crippen LogP contribution in [-0.4, -0.2) is 18.9 Å². The van der Waals surface area contributed by atoms with Crippen LogP contribution in [0.15, 0.2) is 11.6 Å². The van der Waals surface area contributed by atoms with Gasteiger partial charge < -0.3 is 5.32 Å². The van der Waals surface area contributed by atoms with Crippen LogP contribution in [0.5, 0.6) is 0 Å². The normalized spacial score (nSPS) is 32.7. The molecule has 1 fully saturated rings. The van der Waals surface area contributed by atoms with Gasteiger partial charge in [0.05, 0.1) is 5.92 Å². The quantitative estimate of drug-likeness (QED) is 0.463. The third-order valence-corrected chi connectivity index (χ3v) is 2.08. The number of nitrogens with one attached hydrogen (secondary N) is 1. The minimum Gasteiger partial charge on any atom is -0.312 e. The van der Waals surface area contributed by atoms with Crippen molar-refractivity contribution in [2.24, 2.45) is 5.92 Å². The number of hydrogen-bond acceptors (Lipinski definition) is 2. The van der Waals surface area contributed by atoms with Crippen LogP contribution in [-0.2, 0) is 4.79 Å². The van der Waals surface area contributed by atoms with Crippen molar-refractivity contribution < 1.29 is 4.79 Å². The van der Waals surface area contributed by atoms with Crippen LogP contribution >= 0.6 is 0 Å². The number of carbonyl (C=O) groups excluding carboxylic acids is 1. The first-order valence-corrected chi connectivity index (χ1v) is 3.30. The van der Waals surface area contributed by atoms with Crippen LogP contribution in [0.4, 0.5) is 0 Å². The van der Waals surface area contributed by atoms with Crippen LogP contribution in [0.1, 0.15) is 6.42 Å². The number of ketones is 1. The fraction of sp³-hybridized carbons (Fsp3) is 0.571. The van der Waals surface area contributed by atoms with Crippen LogP contribution in [0.2, 0.25) is 0 Å². The van der Waals surface area contributed by atoms with E-state index >= 15 is 0 Å². The fourth-order valence-corrected chi connectivity index (χ4v) is 1.52. The van der Waals surface area contributed by atoms with E-state index in [9.17, 15) is 4.79 Å². The number of fused-ring (bicyclic) bond motifs is 1. The highest BCUT2D eigenvalue weighted by atomic mass is 16.1. The van der Waals surface area contributed by atoms with Crippen molar-refractivity contribution in [3.63, 3.8) is 0 Å². The van der Waals surface area contributed by atoms with E-state index in [1.165, 1.54) is 5.57 Å². The summed E-state index contributed by atoms with van der Waals surface area (Å²) in [6.07, 6.45) is 2.74. The molecule has 2 rings (SSSR count). The van der Waals surface area contributed by atoms with E-state index in [4.69, 9.17) is 0 Å². The summed E-state index contributed by atoms with van der Waals surface area (Å²) in [6.45, 7) is 1.82. The highest BCUT2D eigenvalue weighted by Crippen LogP contribution is 2.24. The molecule has 1 saturated heterocycles. The lowest BCUT2D eigenvalue weighted by molar-refractivity contribution is -0.119. The average Bonchev–Trinajstić information content (AvgIpc) is 2.35. The number of carbonyl (C=O) groups is 1. The first-order chi connectivity index (χ1) is 4.38.